The predicted octanol–water partition coefficient (Wildman–Crippen LogP) is 0.466. The average Bonchev–Trinajstić information content (AvgIpc) is 2.65. The van der Waals surface area contributed by atoms with E-state index < -0.39 is 15.7 Å². The Morgan fingerprint density at radius 3 is 2.25 bits per heavy atom. The van der Waals surface area contributed by atoms with Gasteiger partial charge < -0.3 is 5.11 Å². The summed E-state index contributed by atoms with van der Waals surface area (Å²) in [5.41, 5.74) is -0.637. The molecule has 5 nitrogen and oxygen atoms in total. The van der Waals surface area contributed by atoms with Crippen molar-refractivity contribution in [3.8, 4) is 0 Å². The molecule has 1 rings (SSSR count). The van der Waals surface area contributed by atoms with Gasteiger partial charge in [0, 0.05) is 13.1 Å². The highest BCUT2D eigenvalue weighted by Gasteiger charge is 2.38. The van der Waals surface area contributed by atoms with Gasteiger partial charge in [-0.2, -0.15) is 17.4 Å². The lowest BCUT2D eigenvalue weighted by atomic mass is 10.0. The van der Waals surface area contributed by atoms with E-state index in [1.54, 1.807) is 7.05 Å². The van der Waals surface area contributed by atoms with Crippen molar-refractivity contribution in [3.05, 3.63) is 0 Å². The smallest absolute Gasteiger partial charge is 0.280 e. The molecule has 1 aliphatic carbocycles. The third-order valence-electron chi connectivity index (χ3n) is 3.32. The lowest BCUT2D eigenvalue weighted by molar-refractivity contribution is 0.182. The van der Waals surface area contributed by atoms with Crippen LogP contribution in [0.1, 0.15) is 39.5 Å². The highest BCUT2D eigenvalue weighted by atomic mass is 32.2. The monoisotopic (exact) mass is 250 g/mol. The van der Waals surface area contributed by atoms with Crippen LogP contribution in [0.25, 0.3) is 0 Å². The maximum absolute atomic E-state index is 12.0. The van der Waals surface area contributed by atoms with Crippen LogP contribution in [-0.2, 0) is 10.2 Å². The fraction of sp³-hybridized carbons (Fsp3) is 1.00. The van der Waals surface area contributed by atoms with E-state index in [0.717, 1.165) is 12.8 Å². The molecule has 0 saturated heterocycles. The van der Waals surface area contributed by atoms with Crippen LogP contribution in [0, 0.1) is 0 Å². The average molecular weight is 250 g/mol. The second-order valence-electron chi connectivity index (χ2n) is 4.86. The molecular weight excluding hydrogens is 228 g/mol. The molecule has 0 bridgehead atoms. The first kappa shape index (κ1) is 13.9. The summed E-state index contributed by atoms with van der Waals surface area (Å²) in [6.45, 7) is 3.51. The lowest BCUT2D eigenvalue weighted by Crippen LogP contribution is -2.54. The van der Waals surface area contributed by atoms with Gasteiger partial charge in [0.05, 0.1) is 12.1 Å². The Bertz CT molecular complexity index is 321. The molecule has 16 heavy (non-hydrogen) atoms. The lowest BCUT2D eigenvalue weighted by Gasteiger charge is -2.31. The maximum atomic E-state index is 12.0. The summed E-state index contributed by atoms with van der Waals surface area (Å²) < 4.78 is 27.9. The number of nitrogens with zero attached hydrogens (tertiary/aromatic N) is 1. The standard InChI is InChI=1S/C10H22N2O3S/c1-9(2)12(3)16(14,15)11-10(8-13)6-4-5-7-10/h9,11,13H,4-8H2,1-3H3. The van der Waals surface area contributed by atoms with E-state index in [1.807, 2.05) is 13.8 Å². The molecule has 6 heteroatoms. The van der Waals surface area contributed by atoms with Gasteiger partial charge >= 0.3 is 0 Å². The number of hydrogen-bond acceptors (Lipinski definition) is 3. The summed E-state index contributed by atoms with van der Waals surface area (Å²) >= 11 is 0. The van der Waals surface area contributed by atoms with Crippen molar-refractivity contribution in [1.29, 1.82) is 0 Å². The van der Waals surface area contributed by atoms with E-state index in [4.69, 9.17) is 0 Å². The van der Waals surface area contributed by atoms with E-state index in [1.165, 1.54) is 4.31 Å². The highest BCUT2D eigenvalue weighted by Crippen LogP contribution is 2.30. The van der Waals surface area contributed by atoms with Crippen LogP contribution in [-0.4, -0.2) is 43.1 Å². The van der Waals surface area contributed by atoms with Gasteiger partial charge in [0.15, 0.2) is 0 Å². The van der Waals surface area contributed by atoms with Gasteiger partial charge in [-0.1, -0.05) is 12.8 Å². The van der Waals surface area contributed by atoms with Crippen molar-refractivity contribution in [2.45, 2.75) is 51.1 Å². The molecular formula is C10H22N2O3S. The quantitative estimate of drug-likeness (QED) is 0.745. The molecule has 0 unspecified atom stereocenters. The predicted molar refractivity (Wildman–Crippen MR) is 63.2 cm³/mol. The Balaban J connectivity index is 2.78. The van der Waals surface area contributed by atoms with Crippen LogP contribution in [0.15, 0.2) is 0 Å². The van der Waals surface area contributed by atoms with E-state index >= 15 is 0 Å². The largest absolute Gasteiger partial charge is 0.394 e. The molecule has 1 fully saturated rings. The summed E-state index contributed by atoms with van der Waals surface area (Å²) in [4.78, 5) is 0. The Morgan fingerprint density at radius 2 is 1.88 bits per heavy atom. The summed E-state index contributed by atoms with van der Waals surface area (Å²) in [5, 5.41) is 9.35. The van der Waals surface area contributed by atoms with Gasteiger partial charge in [-0.05, 0) is 26.7 Å². The Kier molecular flexibility index (Phi) is 4.34. The van der Waals surface area contributed by atoms with Gasteiger partial charge in [0.2, 0.25) is 0 Å². The normalized spacial score (nSPS) is 20.9. The second-order valence-corrected chi connectivity index (χ2v) is 6.59. The van der Waals surface area contributed by atoms with Crippen molar-refractivity contribution in [3.63, 3.8) is 0 Å². The van der Waals surface area contributed by atoms with Crippen LogP contribution < -0.4 is 4.72 Å². The SMILES string of the molecule is CC(C)N(C)S(=O)(=O)NC1(CO)CCCC1. The topological polar surface area (TPSA) is 69.6 Å². The van der Waals surface area contributed by atoms with Crippen molar-refractivity contribution in [1.82, 2.24) is 9.03 Å². The first-order chi connectivity index (χ1) is 7.33. The van der Waals surface area contributed by atoms with Crippen LogP contribution in [0.5, 0.6) is 0 Å². The molecule has 0 heterocycles. The van der Waals surface area contributed by atoms with E-state index in [0.29, 0.717) is 12.8 Å². The molecule has 0 amide bonds. The summed E-state index contributed by atoms with van der Waals surface area (Å²) in [5.74, 6) is 0. The van der Waals surface area contributed by atoms with Gasteiger partial charge in [-0.3, -0.25) is 0 Å². The number of aliphatic hydroxyl groups excluding tert-OH is 1. The third-order valence-corrected chi connectivity index (χ3v) is 5.19. The Morgan fingerprint density at radius 1 is 1.38 bits per heavy atom. The fourth-order valence-electron chi connectivity index (χ4n) is 1.97. The Labute approximate surface area is 98.0 Å². The molecule has 0 aliphatic heterocycles. The van der Waals surface area contributed by atoms with Crippen LogP contribution in [0.4, 0.5) is 0 Å². The van der Waals surface area contributed by atoms with Gasteiger partial charge in [0.1, 0.15) is 0 Å². The number of hydrogen-bond donors (Lipinski definition) is 2. The molecule has 0 spiro atoms. The van der Waals surface area contributed by atoms with Crippen LogP contribution in [0.3, 0.4) is 0 Å². The fourth-order valence-corrected chi connectivity index (χ4v) is 3.48. The first-order valence-corrected chi connectivity index (χ1v) is 7.15. The zero-order valence-corrected chi connectivity index (χ0v) is 11.0. The van der Waals surface area contributed by atoms with Crippen molar-refractivity contribution in [2.24, 2.45) is 0 Å². The molecule has 1 aliphatic rings. The minimum absolute atomic E-state index is 0.0883. The highest BCUT2D eigenvalue weighted by molar-refractivity contribution is 7.87. The molecule has 96 valence electrons. The van der Waals surface area contributed by atoms with Crippen LogP contribution in [0.2, 0.25) is 0 Å². The molecule has 0 aromatic rings. The van der Waals surface area contributed by atoms with Crippen molar-refractivity contribution in [2.75, 3.05) is 13.7 Å². The minimum atomic E-state index is -3.49. The molecule has 0 aromatic heterocycles. The molecule has 0 aromatic carbocycles. The summed E-state index contributed by atoms with van der Waals surface area (Å²) in [6.07, 6.45) is 3.37. The zero-order chi connectivity index (χ0) is 12.4. The Hall–Kier alpha value is -0.170. The van der Waals surface area contributed by atoms with Gasteiger partial charge in [-0.15, -0.1) is 0 Å². The molecule has 0 atom stereocenters. The maximum Gasteiger partial charge on any atom is 0.280 e. The number of aliphatic hydroxyl groups is 1. The molecule has 2 N–H and O–H groups in total. The number of rotatable bonds is 5. The zero-order valence-electron chi connectivity index (χ0n) is 10.2. The van der Waals surface area contributed by atoms with E-state index in [2.05, 4.69) is 4.72 Å². The van der Waals surface area contributed by atoms with Crippen molar-refractivity contribution < 1.29 is 13.5 Å². The van der Waals surface area contributed by atoms with Gasteiger partial charge in [-0.25, -0.2) is 0 Å². The van der Waals surface area contributed by atoms with Gasteiger partial charge in [0.25, 0.3) is 10.2 Å². The van der Waals surface area contributed by atoms with Crippen LogP contribution >= 0.6 is 0 Å². The molecule has 1 saturated carbocycles. The summed E-state index contributed by atoms with van der Waals surface area (Å²) in [6, 6.07) is -0.0883. The summed E-state index contributed by atoms with van der Waals surface area (Å²) in [7, 11) is -1.94. The number of nitrogens with one attached hydrogen (secondary N) is 1. The van der Waals surface area contributed by atoms with E-state index in [-0.39, 0.29) is 12.6 Å². The first-order valence-electron chi connectivity index (χ1n) is 5.71. The second kappa shape index (κ2) is 5.00. The van der Waals surface area contributed by atoms with Crippen molar-refractivity contribution >= 4 is 10.2 Å². The molecule has 0 radical (unpaired) electrons. The minimum Gasteiger partial charge on any atom is -0.394 e. The third kappa shape index (κ3) is 2.94. The van der Waals surface area contributed by atoms with E-state index in [9.17, 15) is 13.5 Å².